The number of piperidine rings is 1. The molecular formula is C13H21N3O2S3. The molecule has 0 bridgehead atoms. The first-order chi connectivity index (χ1) is 9.88. The number of rotatable bonds is 6. The van der Waals surface area contributed by atoms with Crippen molar-refractivity contribution in [2.75, 3.05) is 26.7 Å². The van der Waals surface area contributed by atoms with Crippen molar-refractivity contribution in [3.8, 4) is 0 Å². The van der Waals surface area contributed by atoms with Crippen LogP contribution in [-0.4, -0.2) is 45.0 Å². The topological polar surface area (TPSA) is 75.4 Å². The van der Waals surface area contributed by atoms with Crippen LogP contribution in [0.15, 0.2) is 16.3 Å². The lowest BCUT2D eigenvalue weighted by molar-refractivity contribution is 0.213. The van der Waals surface area contributed by atoms with E-state index in [4.69, 9.17) is 18.0 Å². The minimum atomic E-state index is -3.44. The first-order valence-electron chi connectivity index (χ1n) is 6.96. The van der Waals surface area contributed by atoms with Crippen molar-refractivity contribution in [3.05, 3.63) is 17.0 Å². The lowest BCUT2D eigenvalue weighted by Gasteiger charge is -2.28. The smallest absolute Gasteiger partial charge is 0.250 e. The number of hydrogen-bond donors (Lipinski definition) is 2. The molecule has 0 radical (unpaired) electrons. The zero-order valence-electron chi connectivity index (χ0n) is 12.0. The van der Waals surface area contributed by atoms with Crippen LogP contribution in [0.2, 0.25) is 0 Å². The summed E-state index contributed by atoms with van der Waals surface area (Å²) >= 11 is 5.96. The average molecular weight is 348 g/mol. The number of nitrogens with one attached hydrogen (secondary N) is 1. The fourth-order valence-electron chi connectivity index (χ4n) is 2.42. The highest BCUT2D eigenvalue weighted by atomic mass is 32.2. The molecule has 0 aliphatic carbocycles. The van der Waals surface area contributed by atoms with Crippen LogP contribution in [0.5, 0.6) is 0 Å². The number of sulfonamides is 1. The van der Waals surface area contributed by atoms with E-state index in [-0.39, 0.29) is 9.20 Å². The second-order valence-corrected chi connectivity index (χ2v) is 8.93. The number of likely N-dealkylation sites (tertiary alicyclic amines) is 1. The Hall–Kier alpha value is -0.540. The van der Waals surface area contributed by atoms with Gasteiger partial charge in [-0.05, 0) is 57.5 Å². The highest BCUT2D eigenvalue weighted by molar-refractivity contribution is 7.91. The molecule has 21 heavy (non-hydrogen) atoms. The van der Waals surface area contributed by atoms with Crippen molar-refractivity contribution in [2.45, 2.75) is 23.5 Å². The molecule has 1 aliphatic heterocycles. The largest absolute Gasteiger partial charge is 0.389 e. The average Bonchev–Trinajstić information content (AvgIpc) is 2.91. The van der Waals surface area contributed by atoms with Gasteiger partial charge in [0.25, 0.3) is 0 Å². The normalized spacial score (nSPS) is 18.0. The van der Waals surface area contributed by atoms with Crippen molar-refractivity contribution in [3.63, 3.8) is 0 Å². The highest BCUT2D eigenvalue weighted by Gasteiger charge is 2.20. The van der Waals surface area contributed by atoms with E-state index >= 15 is 0 Å². The minimum Gasteiger partial charge on any atom is -0.389 e. The fraction of sp³-hybridized carbons (Fsp3) is 0.615. The molecule has 118 valence electrons. The number of thiophene rings is 1. The maximum Gasteiger partial charge on any atom is 0.250 e. The lowest BCUT2D eigenvalue weighted by atomic mass is 9.94. The first kappa shape index (κ1) is 16.8. The molecule has 1 fully saturated rings. The van der Waals surface area contributed by atoms with Gasteiger partial charge in [0, 0.05) is 6.54 Å². The number of hydrogen-bond acceptors (Lipinski definition) is 5. The van der Waals surface area contributed by atoms with E-state index in [1.807, 2.05) is 0 Å². The van der Waals surface area contributed by atoms with Crippen molar-refractivity contribution < 1.29 is 8.42 Å². The standard InChI is InChI=1S/C13H21N3O2S3/c1-16-8-5-10(6-9-16)4-7-15-21(17,18)12-3-2-11(20-12)13(14)19/h2-3,10,15H,4-9H2,1H3,(H2,14,19). The Labute approximate surface area is 135 Å². The summed E-state index contributed by atoms with van der Waals surface area (Å²) in [4.78, 5) is 3.16. The Kier molecular flexibility index (Phi) is 5.73. The van der Waals surface area contributed by atoms with Crippen molar-refractivity contribution in [2.24, 2.45) is 11.7 Å². The van der Waals surface area contributed by atoms with Gasteiger partial charge in [-0.15, -0.1) is 11.3 Å². The van der Waals surface area contributed by atoms with E-state index in [1.165, 1.54) is 0 Å². The molecule has 2 heterocycles. The number of thiocarbonyl (C=S) groups is 1. The molecule has 8 heteroatoms. The Morgan fingerprint density at radius 2 is 2.14 bits per heavy atom. The van der Waals surface area contributed by atoms with Gasteiger partial charge in [-0.1, -0.05) is 12.2 Å². The van der Waals surface area contributed by atoms with E-state index in [0.717, 1.165) is 43.7 Å². The van der Waals surface area contributed by atoms with Crippen molar-refractivity contribution in [1.82, 2.24) is 9.62 Å². The van der Waals surface area contributed by atoms with Gasteiger partial charge >= 0.3 is 0 Å². The second kappa shape index (κ2) is 7.15. The van der Waals surface area contributed by atoms with E-state index in [1.54, 1.807) is 12.1 Å². The van der Waals surface area contributed by atoms with Crippen LogP contribution in [0.1, 0.15) is 24.1 Å². The Bertz CT molecular complexity index is 590. The summed E-state index contributed by atoms with van der Waals surface area (Å²) in [7, 11) is -1.32. The Morgan fingerprint density at radius 1 is 1.48 bits per heavy atom. The molecule has 0 spiro atoms. The van der Waals surface area contributed by atoms with Crippen LogP contribution in [0.25, 0.3) is 0 Å². The summed E-state index contributed by atoms with van der Waals surface area (Å²) in [6.07, 6.45) is 3.17. The van der Waals surface area contributed by atoms with Gasteiger partial charge < -0.3 is 10.6 Å². The Morgan fingerprint density at radius 3 is 2.71 bits per heavy atom. The minimum absolute atomic E-state index is 0.229. The third-order valence-electron chi connectivity index (χ3n) is 3.77. The molecule has 1 saturated heterocycles. The zero-order valence-corrected chi connectivity index (χ0v) is 14.5. The molecule has 3 N–H and O–H groups in total. The molecular weight excluding hydrogens is 326 g/mol. The molecule has 1 aromatic heterocycles. The lowest BCUT2D eigenvalue weighted by Crippen LogP contribution is -2.32. The molecule has 0 unspecified atom stereocenters. The van der Waals surface area contributed by atoms with E-state index < -0.39 is 10.0 Å². The molecule has 1 aromatic rings. The number of nitrogens with two attached hydrogens (primary N) is 1. The van der Waals surface area contributed by atoms with Gasteiger partial charge in [0.2, 0.25) is 10.0 Å². The van der Waals surface area contributed by atoms with Crippen LogP contribution in [0, 0.1) is 5.92 Å². The van der Waals surface area contributed by atoms with Crippen LogP contribution in [0.4, 0.5) is 0 Å². The molecule has 0 amide bonds. The van der Waals surface area contributed by atoms with E-state index in [9.17, 15) is 8.42 Å². The molecule has 5 nitrogen and oxygen atoms in total. The van der Waals surface area contributed by atoms with Gasteiger partial charge in [0.1, 0.15) is 9.20 Å². The maximum atomic E-state index is 12.2. The van der Waals surface area contributed by atoms with Gasteiger partial charge in [0.05, 0.1) is 4.88 Å². The van der Waals surface area contributed by atoms with Gasteiger partial charge in [0.15, 0.2) is 0 Å². The molecule has 0 aromatic carbocycles. The van der Waals surface area contributed by atoms with Crippen LogP contribution >= 0.6 is 23.6 Å². The third-order valence-corrected chi connectivity index (χ3v) is 7.19. The van der Waals surface area contributed by atoms with Crippen LogP contribution < -0.4 is 10.5 Å². The van der Waals surface area contributed by atoms with Gasteiger partial charge in [-0.3, -0.25) is 0 Å². The predicted molar refractivity (Wildman–Crippen MR) is 90.2 cm³/mol. The quantitative estimate of drug-likeness (QED) is 0.761. The molecule has 0 atom stereocenters. The van der Waals surface area contributed by atoms with Crippen molar-refractivity contribution >= 4 is 38.6 Å². The summed E-state index contributed by atoms with van der Waals surface area (Å²) in [5.74, 6) is 0.611. The number of nitrogens with zero attached hydrogens (tertiary/aromatic N) is 1. The van der Waals surface area contributed by atoms with Gasteiger partial charge in [-0.2, -0.15) is 0 Å². The molecule has 2 rings (SSSR count). The predicted octanol–water partition coefficient (Wildman–Crippen LogP) is 1.39. The summed E-state index contributed by atoms with van der Waals surface area (Å²) in [6.45, 7) is 2.68. The highest BCUT2D eigenvalue weighted by Crippen LogP contribution is 2.22. The first-order valence-corrected chi connectivity index (χ1v) is 9.67. The SMILES string of the molecule is CN1CCC(CCNS(=O)(=O)c2ccc(C(N)=S)s2)CC1. The fourth-order valence-corrected chi connectivity index (χ4v) is 4.86. The second-order valence-electron chi connectivity index (χ2n) is 5.42. The van der Waals surface area contributed by atoms with Gasteiger partial charge in [-0.25, -0.2) is 13.1 Å². The van der Waals surface area contributed by atoms with Crippen LogP contribution in [-0.2, 0) is 10.0 Å². The summed E-state index contributed by atoms with van der Waals surface area (Å²) < 4.78 is 27.3. The van der Waals surface area contributed by atoms with Crippen molar-refractivity contribution in [1.29, 1.82) is 0 Å². The van der Waals surface area contributed by atoms with E-state index in [0.29, 0.717) is 17.3 Å². The maximum absolute atomic E-state index is 12.2. The monoisotopic (exact) mass is 347 g/mol. The summed E-state index contributed by atoms with van der Waals surface area (Å²) in [6, 6.07) is 3.20. The summed E-state index contributed by atoms with van der Waals surface area (Å²) in [5, 5.41) is 0. The zero-order chi connectivity index (χ0) is 15.5. The van der Waals surface area contributed by atoms with Crippen LogP contribution in [0.3, 0.4) is 0 Å². The third kappa shape index (κ3) is 4.72. The molecule has 1 aliphatic rings. The molecule has 0 saturated carbocycles. The summed E-state index contributed by atoms with van der Waals surface area (Å²) in [5.41, 5.74) is 5.50. The van der Waals surface area contributed by atoms with E-state index in [2.05, 4.69) is 16.7 Å². The Balaban J connectivity index is 1.85.